The van der Waals surface area contributed by atoms with Gasteiger partial charge in [0.15, 0.2) is 17.5 Å². The van der Waals surface area contributed by atoms with Crippen molar-refractivity contribution in [2.75, 3.05) is 0 Å². The summed E-state index contributed by atoms with van der Waals surface area (Å²) in [5.41, 5.74) is 10.7. The van der Waals surface area contributed by atoms with E-state index in [1.54, 1.807) is 0 Å². The molecule has 0 fully saturated rings. The van der Waals surface area contributed by atoms with Crippen LogP contribution in [-0.2, 0) is 0 Å². The normalized spacial score (nSPS) is 11.9. The number of nitrogens with zero attached hydrogens (tertiary/aromatic N) is 3. The molecule has 4 aromatic heterocycles. The molecule has 57 heavy (non-hydrogen) atoms. The number of aromatic nitrogens is 3. The third-order valence-electron chi connectivity index (χ3n) is 10.9. The first-order chi connectivity index (χ1) is 28.2. The SMILES string of the molecule is c1ccc(-c2nc(-c3ccccc3)nc(-c3ccc4c(c3)oc3ccc(-c5cc(-c6cccc7oc8ccccc8c67)cc6sc7ccccc7c56)cc34)n2)cc1. The van der Waals surface area contributed by atoms with E-state index in [4.69, 9.17) is 23.8 Å². The second kappa shape index (κ2) is 12.6. The fraction of sp³-hybridized carbons (Fsp3) is 0. The molecule has 0 unspecified atom stereocenters. The van der Waals surface area contributed by atoms with E-state index in [0.717, 1.165) is 77.3 Å². The Bertz CT molecular complexity index is 3470. The average molecular weight is 748 g/mol. The zero-order chi connectivity index (χ0) is 37.5. The van der Waals surface area contributed by atoms with E-state index in [0.29, 0.717) is 17.5 Å². The quantitative estimate of drug-likeness (QED) is 0.175. The second-order valence-electron chi connectivity index (χ2n) is 14.3. The van der Waals surface area contributed by atoms with Crippen LogP contribution in [-0.4, -0.2) is 15.0 Å². The number of para-hydroxylation sites is 1. The van der Waals surface area contributed by atoms with Gasteiger partial charge in [0.1, 0.15) is 22.3 Å². The molecule has 12 rings (SSSR count). The van der Waals surface area contributed by atoms with Gasteiger partial charge in [0, 0.05) is 58.4 Å². The van der Waals surface area contributed by atoms with E-state index in [1.165, 1.54) is 25.7 Å². The molecule has 0 saturated carbocycles. The second-order valence-corrected chi connectivity index (χ2v) is 15.4. The van der Waals surface area contributed by atoms with Crippen molar-refractivity contribution in [1.29, 1.82) is 0 Å². The highest BCUT2D eigenvalue weighted by atomic mass is 32.1. The Morgan fingerprint density at radius 2 is 0.947 bits per heavy atom. The maximum atomic E-state index is 6.57. The molecule has 0 atom stereocenters. The summed E-state index contributed by atoms with van der Waals surface area (Å²) < 4.78 is 15.4. The molecule has 0 amide bonds. The third-order valence-corrected chi connectivity index (χ3v) is 12.0. The Balaban J connectivity index is 1.03. The fourth-order valence-corrected chi connectivity index (χ4v) is 9.45. The summed E-state index contributed by atoms with van der Waals surface area (Å²) in [6, 6.07) is 61.0. The van der Waals surface area contributed by atoms with Crippen LogP contribution in [0.2, 0.25) is 0 Å². The minimum atomic E-state index is 0.592. The predicted molar refractivity (Wildman–Crippen MR) is 234 cm³/mol. The molecule has 266 valence electrons. The van der Waals surface area contributed by atoms with E-state index in [-0.39, 0.29) is 0 Å². The average Bonchev–Trinajstić information content (AvgIpc) is 3.97. The van der Waals surface area contributed by atoms with Gasteiger partial charge < -0.3 is 8.83 Å². The van der Waals surface area contributed by atoms with Gasteiger partial charge in [-0.25, -0.2) is 15.0 Å². The van der Waals surface area contributed by atoms with Gasteiger partial charge in [-0.2, -0.15) is 0 Å². The molecule has 0 aliphatic heterocycles. The number of hydrogen-bond donors (Lipinski definition) is 0. The van der Waals surface area contributed by atoms with Crippen molar-refractivity contribution < 1.29 is 8.83 Å². The van der Waals surface area contributed by atoms with Crippen molar-refractivity contribution in [3.63, 3.8) is 0 Å². The molecule has 0 aliphatic carbocycles. The van der Waals surface area contributed by atoms with Crippen LogP contribution < -0.4 is 0 Å². The van der Waals surface area contributed by atoms with Gasteiger partial charge in [0.2, 0.25) is 0 Å². The molecule has 4 heterocycles. The highest BCUT2D eigenvalue weighted by molar-refractivity contribution is 7.26. The lowest BCUT2D eigenvalue weighted by Gasteiger charge is -2.11. The smallest absolute Gasteiger partial charge is 0.164 e. The lowest BCUT2D eigenvalue weighted by molar-refractivity contribution is 0.668. The maximum absolute atomic E-state index is 6.57. The zero-order valence-electron chi connectivity index (χ0n) is 30.3. The van der Waals surface area contributed by atoms with E-state index in [1.807, 2.05) is 84.1 Å². The first-order valence-corrected chi connectivity index (χ1v) is 19.7. The van der Waals surface area contributed by atoms with Crippen LogP contribution in [0.4, 0.5) is 0 Å². The minimum absolute atomic E-state index is 0.592. The number of benzene rings is 8. The summed E-state index contributed by atoms with van der Waals surface area (Å²) in [5.74, 6) is 1.84. The molecule has 5 nitrogen and oxygen atoms in total. The van der Waals surface area contributed by atoms with Crippen LogP contribution in [0, 0.1) is 0 Å². The molecule has 0 saturated heterocycles. The van der Waals surface area contributed by atoms with E-state index in [2.05, 4.69) is 103 Å². The lowest BCUT2D eigenvalue weighted by Crippen LogP contribution is -2.00. The van der Waals surface area contributed by atoms with Gasteiger partial charge in [-0.3, -0.25) is 0 Å². The number of fused-ring (bicyclic) bond motifs is 9. The Labute approximate surface area is 330 Å². The Morgan fingerprint density at radius 1 is 0.316 bits per heavy atom. The first kappa shape index (κ1) is 31.9. The highest BCUT2D eigenvalue weighted by Crippen LogP contribution is 2.46. The summed E-state index contributed by atoms with van der Waals surface area (Å²) in [6.07, 6.45) is 0. The van der Waals surface area contributed by atoms with Gasteiger partial charge in [0.05, 0.1) is 0 Å². The van der Waals surface area contributed by atoms with Crippen molar-refractivity contribution in [3.05, 3.63) is 176 Å². The summed E-state index contributed by atoms with van der Waals surface area (Å²) in [5, 5.41) is 6.87. The fourth-order valence-electron chi connectivity index (χ4n) is 8.27. The number of hydrogen-bond acceptors (Lipinski definition) is 6. The zero-order valence-corrected chi connectivity index (χ0v) is 31.1. The number of rotatable bonds is 5. The number of furan rings is 2. The van der Waals surface area contributed by atoms with Crippen molar-refractivity contribution >= 4 is 75.4 Å². The van der Waals surface area contributed by atoms with Crippen molar-refractivity contribution in [2.45, 2.75) is 0 Å². The summed E-state index contributed by atoms with van der Waals surface area (Å²) >= 11 is 1.84. The largest absolute Gasteiger partial charge is 0.456 e. The van der Waals surface area contributed by atoms with E-state index < -0.39 is 0 Å². The van der Waals surface area contributed by atoms with Crippen LogP contribution >= 0.6 is 11.3 Å². The van der Waals surface area contributed by atoms with Crippen LogP contribution in [0.3, 0.4) is 0 Å². The molecule has 0 bridgehead atoms. The monoisotopic (exact) mass is 747 g/mol. The Hall–Kier alpha value is -7.41. The molecular weight excluding hydrogens is 719 g/mol. The molecule has 6 heteroatoms. The van der Waals surface area contributed by atoms with E-state index >= 15 is 0 Å². The van der Waals surface area contributed by atoms with Gasteiger partial charge in [-0.05, 0) is 76.9 Å². The van der Waals surface area contributed by atoms with Crippen LogP contribution in [0.5, 0.6) is 0 Å². The van der Waals surface area contributed by atoms with Crippen molar-refractivity contribution in [2.24, 2.45) is 0 Å². The van der Waals surface area contributed by atoms with Crippen LogP contribution in [0.25, 0.3) is 120 Å². The van der Waals surface area contributed by atoms with Crippen LogP contribution in [0.1, 0.15) is 0 Å². The van der Waals surface area contributed by atoms with Gasteiger partial charge in [-0.1, -0.05) is 121 Å². The van der Waals surface area contributed by atoms with E-state index in [9.17, 15) is 0 Å². The summed E-state index contributed by atoms with van der Waals surface area (Å²) in [6.45, 7) is 0. The van der Waals surface area contributed by atoms with Crippen LogP contribution in [0.15, 0.2) is 185 Å². The summed E-state index contributed by atoms with van der Waals surface area (Å²) in [7, 11) is 0. The van der Waals surface area contributed by atoms with Gasteiger partial charge in [-0.15, -0.1) is 11.3 Å². The predicted octanol–water partition coefficient (Wildman–Crippen LogP) is 14.4. The van der Waals surface area contributed by atoms with Crippen molar-refractivity contribution in [3.8, 4) is 56.4 Å². The maximum Gasteiger partial charge on any atom is 0.164 e. The Kier molecular flexibility index (Phi) is 7.03. The third kappa shape index (κ3) is 5.19. The first-order valence-electron chi connectivity index (χ1n) is 18.9. The summed E-state index contributed by atoms with van der Waals surface area (Å²) in [4.78, 5) is 14.8. The molecule has 8 aromatic carbocycles. The molecule has 0 radical (unpaired) electrons. The topological polar surface area (TPSA) is 65.0 Å². The van der Waals surface area contributed by atoms with Gasteiger partial charge in [0.25, 0.3) is 0 Å². The minimum Gasteiger partial charge on any atom is -0.456 e. The molecular formula is C51H29N3O2S. The highest BCUT2D eigenvalue weighted by Gasteiger charge is 2.19. The molecule has 0 aliphatic rings. The molecule has 0 spiro atoms. The molecule has 12 aromatic rings. The standard InChI is InChI=1S/C51H29N3O2S/c1-3-12-30(13-4-1)49-52-50(31-14-5-2-6-15-31)54-51(53-49)33-22-24-36-40-26-32(23-25-42(40)56-44(36)28-33)39-27-34(29-46-48(39)38-17-8-10-21-45(38)57-46)35-18-11-20-43-47(35)37-16-7-9-19-41(37)55-43/h1-29H. The van der Waals surface area contributed by atoms with Crippen molar-refractivity contribution in [1.82, 2.24) is 15.0 Å². The number of thiophene rings is 1. The van der Waals surface area contributed by atoms with Gasteiger partial charge >= 0.3 is 0 Å². The molecule has 0 N–H and O–H groups in total. The lowest BCUT2D eigenvalue weighted by atomic mass is 9.92. The Morgan fingerprint density at radius 3 is 1.74 bits per heavy atom.